The quantitative estimate of drug-likeness (QED) is 0.374. The number of ether oxygens (including phenoxy) is 2. The van der Waals surface area contributed by atoms with Crippen LogP contribution in [-0.2, 0) is 4.74 Å². The van der Waals surface area contributed by atoms with E-state index in [0.29, 0.717) is 28.4 Å². The van der Waals surface area contributed by atoms with Crippen LogP contribution in [0.1, 0.15) is 23.0 Å². The van der Waals surface area contributed by atoms with Crippen molar-refractivity contribution in [3.63, 3.8) is 0 Å². The lowest BCUT2D eigenvalue weighted by Crippen LogP contribution is -2.07. The van der Waals surface area contributed by atoms with Crippen LogP contribution >= 0.6 is 31.9 Å². The monoisotopic (exact) mass is 492 g/mol. The number of aryl methyl sites for hydroxylation is 1. The van der Waals surface area contributed by atoms with Crippen molar-refractivity contribution in [2.24, 2.45) is 0 Å². The normalized spacial score (nSPS) is 10.7. The van der Waals surface area contributed by atoms with E-state index in [1.54, 1.807) is 14.0 Å². The van der Waals surface area contributed by atoms with Gasteiger partial charge in [0, 0.05) is 21.2 Å². The van der Waals surface area contributed by atoms with Crippen LogP contribution in [0, 0.1) is 6.92 Å². The van der Waals surface area contributed by atoms with Gasteiger partial charge < -0.3 is 13.9 Å². The molecule has 1 aromatic heterocycles. The largest absolute Gasteiger partial charge is 0.495 e. The minimum atomic E-state index is -0.429. The summed E-state index contributed by atoms with van der Waals surface area (Å²) in [6.07, 6.45) is 0. The van der Waals surface area contributed by atoms with Gasteiger partial charge in [0.15, 0.2) is 0 Å². The van der Waals surface area contributed by atoms with Gasteiger partial charge in [-0.05, 0) is 41.9 Å². The third kappa shape index (κ3) is 3.82. The van der Waals surface area contributed by atoms with Crippen LogP contribution in [0.25, 0.3) is 22.5 Å². The molecule has 0 saturated carbocycles. The Morgan fingerprint density at radius 2 is 1.85 bits per heavy atom. The molecule has 0 aliphatic rings. The smallest absolute Gasteiger partial charge is 0.342 e. The zero-order valence-electron chi connectivity index (χ0n) is 15.1. The Kier molecular flexibility index (Phi) is 6.07. The molecule has 3 aromatic rings. The summed E-state index contributed by atoms with van der Waals surface area (Å²) in [5, 5.41) is 0. The fourth-order valence-electron chi connectivity index (χ4n) is 3.01. The van der Waals surface area contributed by atoms with Crippen molar-refractivity contribution in [1.82, 2.24) is 0 Å². The van der Waals surface area contributed by atoms with Crippen LogP contribution in [0.3, 0.4) is 0 Å². The number of esters is 1. The fourth-order valence-corrected chi connectivity index (χ4v) is 4.40. The Balaban J connectivity index is 2.35. The molecule has 0 unspecified atom stereocenters. The van der Waals surface area contributed by atoms with Gasteiger partial charge in [-0.25, -0.2) is 4.79 Å². The number of halogens is 2. The van der Waals surface area contributed by atoms with Crippen molar-refractivity contribution in [2.75, 3.05) is 13.7 Å². The minimum absolute atomic E-state index is 0.274. The lowest BCUT2D eigenvalue weighted by molar-refractivity contribution is 0.0527. The molecule has 1 heterocycles. The predicted molar refractivity (Wildman–Crippen MR) is 112 cm³/mol. The van der Waals surface area contributed by atoms with Crippen LogP contribution in [0.5, 0.6) is 5.75 Å². The average Bonchev–Trinajstić information content (AvgIpc) is 2.99. The molecule has 0 aliphatic heterocycles. The number of hydrogen-bond acceptors (Lipinski definition) is 4. The van der Waals surface area contributed by atoms with Crippen molar-refractivity contribution >= 4 is 37.8 Å². The van der Waals surface area contributed by atoms with E-state index in [0.717, 1.165) is 20.1 Å². The summed E-state index contributed by atoms with van der Waals surface area (Å²) in [5.74, 6) is 1.29. The molecule has 0 fully saturated rings. The second-order valence-electron chi connectivity index (χ2n) is 5.79. The number of carbonyl (C=O) groups is 1. The molecule has 6 heteroatoms. The Morgan fingerprint density at radius 1 is 1.15 bits per heavy atom. The summed E-state index contributed by atoms with van der Waals surface area (Å²) in [6.45, 7) is 3.89. The van der Waals surface area contributed by atoms with Crippen molar-refractivity contribution in [3.8, 4) is 28.2 Å². The highest BCUT2D eigenvalue weighted by Gasteiger charge is 2.29. The average molecular weight is 494 g/mol. The van der Waals surface area contributed by atoms with Crippen molar-refractivity contribution in [2.45, 2.75) is 13.8 Å². The number of methoxy groups -OCH3 is 1. The van der Waals surface area contributed by atoms with E-state index in [2.05, 4.69) is 31.9 Å². The summed E-state index contributed by atoms with van der Waals surface area (Å²) in [7, 11) is 1.59. The maximum absolute atomic E-state index is 12.9. The summed E-state index contributed by atoms with van der Waals surface area (Å²) in [6, 6.07) is 13.3. The molecular weight excluding hydrogens is 476 g/mol. The van der Waals surface area contributed by atoms with Gasteiger partial charge >= 0.3 is 5.97 Å². The first-order chi connectivity index (χ1) is 13.0. The molecule has 2 aromatic carbocycles. The maximum Gasteiger partial charge on any atom is 0.342 e. The van der Waals surface area contributed by atoms with E-state index >= 15 is 0 Å². The number of benzene rings is 2. The third-order valence-electron chi connectivity index (χ3n) is 4.08. The van der Waals surface area contributed by atoms with E-state index in [1.165, 1.54) is 0 Å². The maximum atomic E-state index is 12.9. The molecule has 4 nitrogen and oxygen atoms in total. The van der Waals surface area contributed by atoms with Crippen LogP contribution in [-0.4, -0.2) is 19.7 Å². The summed E-state index contributed by atoms with van der Waals surface area (Å²) in [4.78, 5) is 12.9. The van der Waals surface area contributed by atoms with E-state index in [4.69, 9.17) is 13.9 Å². The Labute approximate surface area is 174 Å². The topological polar surface area (TPSA) is 48.7 Å². The molecule has 0 aliphatic carbocycles. The van der Waals surface area contributed by atoms with Gasteiger partial charge in [-0.1, -0.05) is 46.3 Å². The van der Waals surface area contributed by atoms with Crippen LogP contribution in [0.2, 0.25) is 0 Å². The van der Waals surface area contributed by atoms with E-state index in [9.17, 15) is 4.79 Å². The zero-order valence-corrected chi connectivity index (χ0v) is 18.3. The van der Waals surface area contributed by atoms with Crippen molar-refractivity contribution < 1.29 is 18.7 Å². The van der Waals surface area contributed by atoms with Crippen LogP contribution in [0.15, 0.2) is 55.8 Å². The van der Waals surface area contributed by atoms with Gasteiger partial charge in [-0.2, -0.15) is 0 Å². The van der Waals surface area contributed by atoms with E-state index in [-0.39, 0.29) is 6.61 Å². The summed E-state index contributed by atoms with van der Waals surface area (Å²) < 4.78 is 18.6. The van der Waals surface area contributed by atoms with Gasteiger partial charge in [-0.15, -0.1) is 0 Å². The molecule has 27 heavy (non-hydrogen) atoms. The Hall–Kier alpha value is -2.05. The van der Waals surface area contributed by atoms with Crippen molar-refractivity contribution in [3.05, 3.63) is 62.7 Å². The van der Waals surface area contributed by atoms with Gasteiger partial charge in [0.2, 0.25) is 0 Å². The van der Waals surface area contributed by atoms with Crippen molar-refractivity contribution in [1.29, 1.82) is 0 Å². The number of carbonyl (C=O) groups excluding carboxylic acids is 1. The highest BCUT2D eigenvalue weighted by molar-refractivity contribution is 9.11. The molecule has 0 amide bonds. The summed E-state index contributed by atoms with van der Waals surface area (Å²) >= 11 is 7.03. The fraction of sp³-hybridized carbons (Fsp3) is 0.190. The van der Waals surface area contributed by atoms with Crippen LogP contribution in [0.4, 0.5) is 0 Å². The number of furan rings is 1. The molecule has 140 valence electrons. The highest BCUT2D eigenvalue weighted by atomic mass is 79.9. The molecular formula is C21H18Br2O4. The van der Waals surface area contributed by atoms with E-state index in [1.807, 2.05) is 49.4 Å². The lowest BCUT2D eigenvalue weighted by atomic mass is 9.97. The Bertz CT molecular complexity index is 978. The molecule has 0 atom stereocenters. The standard InChI is InChI=1S/C21H18Br2O4/c1-4-26-21(24)18-17(15-10-14(22)11-16(23)20(15)25-3)12(2)27-19(18)13-8-6-5-7-9-13/h5-11H,4H2,1-3H3. The van der Waals surface area contributed by atoms with E-state index < -0.39 is 5.97 Å². The molecule has 0 bridgehead atoms. The molecule has 0 spiro atoms. The first-order valence-corrected chi connectivity index (χ1v) is 9.95. The first-order valence-electron chi connectivity index (χ1n) is 8.37. The van der Waals surface area contributed by atoms with Gasteiger partial charge in [0.05, 0.1) is 18.2 Å². The third-order valence-corrected chi connectivity index (χ3v) is 5.13. The van der Waals surface area contributed by atoms with Gasteiger partial charge in [0.25, 0.3) is 0 Å². The SMILES string of the molecule is CCOC(=O)c1c(-c2ccccc2)oc(C)c1-c1cc(Br)cc(Br)c1OC. The van der Waals surface area contributed by atoms with Gasteiger partial charge in [-0.3, -0.25) is 0 Å². The highest BCUT2D eigenvalue weighted by Crippen LogP contribution is 2.45. The van der Waals surface area contributed by atoms with Crippen LogP contribution < -0.4 is 4.74 Å². The first kappa shape index (κ1) is 19.7. The lowest BCUT2D eigenvalue weighted by Gasteiger charge is -2.13. The second-order valence-corrected chi connectivity index (χ2v) is 7.56. The molecule has 3 rings (SSSR count). The number of hydrogen-bond donors (Lipinski definition) is 0. The predicted octanol–water partition coefficient (Wildman–Crippen LogP) is 6.63. The van der Waals surface area contributed by atoms with Gasteiger partial charge in [0.1, 0.15) is 22.8 Å². The minimum Gasteiger partial charge on any atom is -0.495 e. The number of rotatable bonds is 5. The molecule has 0 saturated heterocycles. The summed E-state index contributed by atoms with van der Waals surface area (Å²) in [5.41, 5.74) is 2.60. The second kappa shape index (κ2) is 8.31. The molecule has 0 radical (unpaired) electrons. The molecule has 0 N–H and O–H groups in total. The Morgan fingerprint density at radius 3 is 2.48 bits per heavy atom. The zero-order chi connectivity index (χ0) is 19.6.